The summed E-state index contributed by atoms with van der Waals surface area (Å²) in [6.07, 6.45) is 1.30. The molecule has 0 aliphatic heterocycles. The molecule has 2 aromatic heterocycles. The largest absolute Gasteiger partial charge is 0.337 e. The van der Waals surface area contributed by atoms with Crippen LogP contribution in [0.15, 0.2) is 68.9 Å². The summed E-state index contributed by atoms with van der Waals surface area (Å²) in [4.78, 5) is 21.8. The highest BCUT2D eigenvalue weighted by atomic mass is 35.5. The maximum atomic E-state index is 12.2. The second-order valence-corrected chi connectivity index (χ2v) is 7.00. The number of halogens is 1. The van der Waals surface area contributed by atoms with Gasteiger partial charge in [-0.1, -0.05) is 28.9 Å². The molecule has 130 valence electrons. The number of para-hydroxylation sites is 2. The number of aromatic nitrogens is 4. The third-order valence-corrected chi connectivity index (χ3v) is 5.00. The van der Waals surface area contributed by atoms with Gasteiger partial charge in [0.25, 0.3) is 5.56 Å². The van der Waals surface area contributed by atoms with Crippen molar-refractivity contribution in [1.82, 2.24) is 19.7 Å². The summed E-state index contributed by atoms with van der Waals surface area (Å²) in [5, 5.41) is 4.69. The topological polar surface area (TPSA) is 73.8 Å². The zero-order valence-corrected chi connectivity index (χ0v) is 15.1. The molecule has 2 heterocycles. The number of hydrogen-bond acceptors (Lipinski definition) is 6. The molecule has 6 nitrogen and oxygen atoms in total. The van der Waals surface area contributed by atoms with E-state index in [0.717, 1.165) is 15.9 Å². The van der Waals surface area contributed by atoms with Crippen molar-refractivity contribution in [3.63, 3.8) is 0 Å². The fraction of sp³-hybridized carbons (Fsp3) is 0.111. The van der Waals surface area contributed by atoms with Crippen LogP contribution in [0, 0.1) is 0 Å². The molecular weight excluding hydrogens is 372 g/mol. The van der Waals surface area contributed by atoms with Gasteiger partial charge in [0.15, 0.2) is 5.82 Å². The smallest absolute Gasteiger partial charge is 0.269 e. The minimum absolute atomic E-state index is 0.209. The first-order valence-electron chi connectivity index (χ1n) is 7.83. The number of hydrogen-bond donors (Lipinski definition) is 0. The van der Waals surface area contributed by atoms with Gasteiger partial charge in [0, 0.05) is 9.92 Å². The van der Waals surface area contributed by atoms with Crippen LogP contribution in [0.25, 0.3) is 11.0 Å². The van der Waals surface area contributed by atoms with Crippen molar-refractivity contribution in [1.29, 1.82) is 0 Å². The quantitative estimate of drug-likeness (QED) is 0.487. The Morgan fingerprint density at radius 1 is 1.12 bits per heavy atom. The lowest BCUT2D eigenvalue weighted by Crippen LogP contribution is -2.21. The fourth-order valence-electron chi connectivity index (χ4n) is 2.50. The summed E-state index contributed by atoms with van der Waals surface area (Å²) >= 11 is 7.47. The standard InChI is InChI=1S/C18H13ClN4O2S/c19-12-5-7-13(8-6-12)26-11-16-21-17(25-22-16)10-23-15-4-2-1-3-14(15)20-9-18(23)24/h1-9H,10-11H2. The van der Waals surface area contributed by atoms with E-state index in [4.69, 9.17) is 16.1 Å². The van der Waals surface area contributed by atoms with E-state index in [1.54, 1.807) is 16.3 Å². The van der Waals surface area contributed by atoms with E-state index in [1.807, 2.05) is 48.5 Å². The molecule has 4 rings (SSSR count). The van der Waals surface area contributed by atoms with Gasteiger partial charge in [-0.15, -0.1) is 11.8 Å². The van der Waals surface area contributed by atoms with Gasteiger partial charge in [0.05, 0.1) is 23.0 Å². The molecule has 0 aliphatic rings. The highest BCUT2D eigenvalue weighted by Gasteiger charge is 2.11. The van der Waals surface area contributed by atoms with Gasteiger partial charge in [0.1, 0.15) is 6.54 Å². The van der Waals surface area contributed by atoms with Crippen molar-refractivity contribution in [2.24, 2.45) is 0 Å². The summed E-state index contributed by atoms with van der Waals surface area (Å²) < 4.78 is 6.88. The van der Waals surface area contributed by atoms with E-state index in [-0.39, 0.29) is 12.1 Å². The van der Waals surface area contributed by atoms with Crippen LogP contribution in [-0.2, 0) is 12.3 Å². The van der Waals surface area contributed by atoms with Crippen LogP contribution < -0.4 is 5.56 Å². The van der Waals surface area contributed by atoms with Crippen molar-refractivity contribution >= 4 is 34.4 Å². The number of nitrogens with zero attached hydrogens (tertiary/aromatic N) is 4. The van der Waals surface area contributed by atoms with Gasteiger partial charge in [0.2, 0.25) is 5.89 Å². The van der Waals surface area contributed by atoms with Crippen molar-refractivity contribution < 1.29 is 4.52 Å². The van der Waals surface area contributed by atoms with Crippen LogP contribution in [0.1, 0.15) is 11.7 Å². The molecule has 0 bridgehead atoms. The lowest BCUT2D eigenvalue weighted by atomic mass is 10.3. The molecule has 0 saturated heterocycles. The van der Waals surface area contributed by atoms with E-state index in [1.165, 1.54) is 6.20 Å². The molecule has 0 amide bonds. The molecular formula is C18H13ClN4O2S. The maximum Gasteiger partial charge on any atom is 0.269 e. The maximum absolute atomic E-state index is 12.2. The minimum Gasteiger partial charge on any atom is -0.337 e. The normalized spacial score (nSPS) is 11.1. The van der Waals surface area contributed by atoms with Crippen molar-refractivity contribution in [2.75, 3.05) is 0 Å². The summed E-state index contributed by atoms with van der Waals surface area (Å²) in [5.41, 5.74) is 1.26. The SMILES string of the molecule is O=c1cnc2ccccc2n1Cc1nc(CSc2ccc(Cl)cc2)no1. The average Bonchev–Trinajstić information content (AvgIpc) is 3.11. The Balaban J connectivity index is 1.51. The fourth-order valence-corrected chi connectivity index (χ4v) is 3.37. The molecule has 2 aromatic carbocycles. The van der Waals surface area contributed by atoms with Gasteiger partial charge >= 0.3 is 0 Å². The Bertz CT molecular complexity index is 1110. The van der Waals surface area contributed by atoms with Gasteiger partial charge in [-0.05, 0) is 36.4 Å². The van der Waals surface area contributed by atoms with Crippen LogP contribution in [0.4, 0.5) is 0 Å². The molecule has 0 saturated carbocycles. The second-order valence-electron chi connectivity index (χ2n) is 5.52. The Hall–Kier alpha value is -2.64. The average molecular weight is 385 g/mol. The second kappa shape index (κ2) is 7.31. The predicted octanol–water partition coefficient (Wildman–Crippen LogP) is 3.77. The lowest BCUT2D eigenvalue weighted by Gasteiger charge is -2.06. The molecule has 0 unspecified atom stereocenters. The van der Waals surface area contributed by atoms with Crippen molar-refractivity contribution in [3.05, 3.63) is 81.8 Å². The third-order valence-electron chi connectivity index (χ3n) is 3.74. The first-order chi connectivity index (χ1) is 12.7. The Morgan fingerprint density at radius 3 is 2.77 bits per heavy atom. The van der Waals surface area contributed by atoms with E-state index < -0.39 is 0 Å². The van der Waals surface area contributed by atoms with E-state index >= 15 is 0 Å². The monoisotopic (exact) mass is 384 g/mol. The number of benzene rings is 2. The summed E-state index contributed by atoms with van der Waals surface area (Å²) in [5.74, 6) is 1.53. The van der Waals surface area contributed by atoms with Crippen LogP contribution >= 0.6 is 23.4 Å². The highest BCUT2D eigenvalue weighted by molar-refractivity contribution is 7.98. The van der Waals surface area contributed by atoms with Crippen LogP contribution in [-0.4, -0.2) is 19.7 Å². The highest BCUT2D eigenvalue weighted by Crippen LogP contribution is 2.23. The molecule has 0 radical (unpaired) electrons. The minimum atomic E-state index is -0.209. The predicted molar refractivity (Wildman–Crippen MR) is 100 cm³/mol. The Labute approximate surface area is 157 Å². The molecule has 0 N–H and O–H groups in total. The number of fused-ring (bicyclic) bond motifs is 1. The van der Waals surface area contributed by atoms with Crippen LogP contribution in [0.5, 0.6) is 0 Å². The first kappa shape index (κ1) is 16.8. The van der Waals surface area contributed by atoms with Crippen LogP contribution in [0.2, 0.25) is 5.02 Å². The molecule has 4 aromatic rings. The Morgan fingerprint density at radius 2 is 1.92 bits per heavy atom. The van der Waals surface area contributed by atoms with E-state index in [2.05, 4.69) is 15.1 Å². The zero-order valence-electron chi connectivity index (χ0n) is 13.5. The Kier molecular flexibility index (Phi) is 4.73. The van der Waals surface area contributed by atoms with E-state index in [9.17, 15) is 4.79 Å². The van der Waals surface area contributed by atoms with Gasteiger partial charge < -0.3 is 4.52 Å². The van der Waals surface area contributed by atoms with Gasteiger partial charge in [-0.25, -0.2) is 4.98 Å². The van der Waals surface area contributed by atoms with Crippen molar-refractivity contribution in [3.8, 4) is 0 Å². The molecule has 0 atom stereocenters. The van der Waals surface area contributed by atoms with Gasteiger partial charge in [-0.3, -0.25) is 9.36 Å². The number of thioether (sulfide) groups is 1. The number of rotatable bonds is 5. The molecule has 0 fully saturated rings. The van der Waals surface area contributed by atoms with Crippen molar-refractivity contribution in [2.45, 2.75) is 17.2 Å². The van der Waals surface area contributed by atoms with Crippen LogP contribution in [0.3, 0.4) is 0 Å². The first-order valence-corrected chi connectivity index (χ1v) is 9.20. The summed E-state index contributed by atoms with van der Waals surface area (Å²) in [6, 6.07) is 15.0. The molecule has 0 spiro atoms. The summed E-state index contributed by atoms with van der Waals surface area (Å²) in [7, 11) is 0. The molecule has 0 aliphatic carbocycles. The lowest BCUT2D eigenvalue weighted by molar-refractivity contribution is 0.367. The molecule has 8 heteroatoms. The molecule has 26 heavy (non-hydrogen) atoms. The van der Waals surface area contributed by atoms with Gasteiger partial charge in [-0.2, -0.15) is 4.98 Å². The van der Waals surface area contributed by atoms with E-state index in [0.29, 0.717) is 22.5 Å². The zero-order chi connectivity index (χ0) is 17.9. The summed E-state index contributed by atoms with van der Waals surface area (Å²) in [6.45, 7) is 0.209. The third kappa shape index (κ3) is 3.63.